The predicted molar refractivity (Wildman–Crippen MR) is 54.0 cm³/mol. The van der Waals surface area contributed by atoms with E-state index in [1.54, 1.807) is 0 Å². The monoisotopic (exact) mass is 254 g/mol. The smallest absolute Gasteiger partial charge is 0.384 e. The summed E-state index contributed by atoms with van der Waals surface area (Å²) < 4.78 is 40.2. The van der Waals surface area contributed by atoms with Crippen molar-refractivity contribution in [3.05, 3.63) is 22.8 Å². The van der Waals surface area contributed by atoms with Gasteiger partial charge in [-0.15, -0.1) is 0 Å². The van der Waals surface area contributed by atoms with Crippen LogP contribution in [0.4, 0.5) is 19.0 Å². The first-order valence-corrected chi connectivity index (χ1v) is 4.81. The molecule has 90 valence electrons. The highest BCUT2D eigenvalue weighted by Crippen LogP contribution is 2.20. The van der Waals surface area contributed by atoms with Crippen LogP contribution in [0, 0.1) is 0 Å². The minimum absolute atomic E-state index is 0.0834. The average Bonchev–Trinajstić information content (AvgIpc) is 2.16. The summed E-state index contributed by atoms with van der Waals surface area (Å²) >= 11 is 5.74. The average molecular weight is 255 g/mol. The van der Waals surface area contributed by atoms with Gasteiger partial charge in [-0.05, 0) is 12.1 Å². The first-order valence-electron chi connectivity index (χ1n) is 4.44. The molecular formula is C9H10ClF3N2O. The Hall–Kier alpha value is -1.01. The van der Waals surface area contributed by atoms with Crippen molar-refractivity contribution in [2.24, 2.45) is 0 Å². The van der Waals surface area contributed by atoms with Gasteiger partial charge in [0.1, 0.15) is 5.82 Å². The van der Waals surface area contributed by atoms with Gasteiger partial charge in [-0.1, -0.05) is 11.6 Å². The predicted octanol–water partition coefficient (Wildman–Crippen LogP) is 2.79. The first kappa shape index (κ1) is 13.1. The molecule has 0 bridgehead atoms. The summed E-state index contributed by atoms with van der Waals surface area (Å²) in [5, 5.41) is 0.321. The highest BCUT2D eigenvalue weighted by Gasteiger charge is 2.26. The fourth-order valence-corrected chi connectivity index (χ4v) is 1.12. The van der Waals surface area contributed by atoms with E-state index >= 15 is 0 Å². The van der Waals surface area contributed by atoms with Crippen LogP contribution in [0.1, 0.15) is 12.1 Å². The van der Waals surface area contributed by atoms with Crippen LogP contribution in [0.15, 0.2) is 12.1 Å². The van der Waals surface area contributed by atoms with Gasteiger partial charge in [0.15, 0.2) is 0 Å². The van der Waals surface area contributed by atoms with E-state index in [0.29, 0.717) is 10.7 Å². The fraction of sp³-hybridized carbons (Fsp3) is 0.444. The lowest BCUT2D eigenvalue weighted by molar-refractivity contribution is -0.146. The molecule has 0 aromatic carbocycles. The highest BCUT2D eigenvalue weighted by molar-refractivity contribution is 6.31. The number of hydrogen-bond donors (Lipinski definition) is 1. The van der Waals surface area contributed by atoms with Crippen molar-refractivity contribution in [2.45, 2.75) is 19.2 Å². The van der Waals surface area contributed by atoms with Crippen molar-refractivity contribution >= 4 is 17.4 Å². The molecular weight excluding hydrogens is 245 g/mol. The fourth-order valence-electron chi connectivity index (χ4n) is 0.959. The molecule has 0 aliphatic heterocycles. The number of nitrogens with zero attached hydrogens (tertiary/aromatic N) is 1. The Morgan fingerprint density at radius 1 is 1.38 bits per heavy atom. The minimum atomic E-state index is -4.22. The molecule has 7 heteroatoms. The van der Waals surface area contributed by atoms with Gasteiger partial charge in [-0.25, -0.2) is 4.98 Å². The van der Waals surface area contributed by atoms with Gasteiger partial charge in [0.05, 0.1) is 30.4 Å². The summed E-state index contributed by atoms with van der Waals surface area (Å²) in [5.74, 6) is 0.249. The number of hydrogen-bond acceptors (Lipinski definition) is 3. The van der Waals surface area contributed by atoms with E-state index in [4.69, 9.17) is 22.1 Å². The quantitative estimate of drug-likeness (QED) is 0.841. The molecule has 1 rings (SSSR count). The third kappa shape index (κ3) is 4.67. The summed E-state index contributed by atoms with van der Waals surface area (Å²) in [6.45, 7) is -0.504. The zero-order valence-corrected chi connectivity index (χ0v) is 8.98. The van der Waals surface area contributed by atoms with Gasteiger partial charge in [-0.2, -0.15) is 13.2 Å². The van der Waals surface area contributed by atoms with Gasteiger partial charge in [0.2, 0.25) is 0 Å². The zero-order valence-electron chi connectivity index (χ0n) is 8.22. The van der Waals surface area contributed by atoms with Crippen LogP contribution in [0.5, 0.6) is 0 Å². The number of rotatable bonds is 4. The lowest BCUT2D eigenvalue weighted by Gasteiger charge is -2.08. The molecule has 1 aromatic heterocycles. The van der Waals surface area contributed by atoms with Crippen LogP contribution in [0.2, 0.25) is 5.02 Å². The molecule has 0 spiro atoms. The van der Waals surface area contributed by atoms with E-state index in [9.17, 15) is 13.2 Å². The summed E-state index contributed by atoms with van der Waals surface area (Å²) in [5.41, 5.74) is 5.73. The summed E-state index contributed by atoms with van der Waals surface area (Å²) in [6, 6.07) is 3.02. The second kappa shape index (κ2) is 5.36. The summed E-state index contributed by atoms with van der Waals surface area (Å²) in [7, 11) is 0. The number of ether oxygens (including phenoxy) is 1. The molecule has 0 amide bonds. The second-order valence-electron chi connectivity index (χ2n) is 3.08. The Morgan fingerprint density at radius 3 is 2.69 bits per heavy atom. The van der Waals surface area contributed by atoms with Gasteiger partial charge in [-0.3, -0.25) is 0 Å². The maximum Gasteiger partial charge on any atom is 0.391 e. The Kier molecular flexibility index (Phi) is 4.37. The topological polar surface area (TPSA) is 48.1 Å². The summed E-state index contributed by atoms with van der Waals surface area (Å²) in [6.07, 6.45) is -5.21. The van der Waals surface area contributed by atoms with Crippen LogP contribution >= 0.6 is 11.6 Å². The lowest BCUT2D eigenvalue weighted by Crippen LogP contribution is -2.12. The highest BCUT2D eigenvalue weighted by atomic mass is 35.5. The number of halogens is 4. The Morgan fingerprint density at radius 2 is 2.06 bits per heavy atom. The number of nitrogen functional groups attached to an aromatic ring is 1. The molecule has 3 nitrogen and oxygen atoms in total. The normalized spacial score (nSPS) is 11.8. The van der Waals surface area contributed by atoms with Crippen molar-refractivity contribution in [2.75, 3.05) is 12.3 Å². The molecule has 0 unspecified atom stereocenters. The molecule has 0 saturated heterocycles. The van der Waals surface area contributed by atoms with Crippen LogP contribution in [-0.2, 0) is 11.3 Å². The van der Waals surface area contributed by atoms with E-state index in [1.807, 2.05) is 0 Å². The number of anilines is 1. The van der Waals surface area contributed by atoms with Crippen molar-refractivity contribution in [1.29, 1.82) is 0 Å². The molecule has 0 saturated carbocycles. The molecule has 0 atom stereocenters. The zero-order chi connectivity index (χ0) is 12.2. The van der Waals surface area contributed by atoms with Gasteiger partial charge in [0.25, 0.3) is 0 Å². The third-order valence-corrected chi connectivity index (χ3v) is 2.05. The summed E-state index contributed by atoms with van der Waals surface area (Å²) in [4.78, 5) is 3.85. The Balaban J connectivity index is 2.40. The molecule has 1 heterocycles. The maximum absolute atomic E-state index is 11.8. The SMILES string of the molecule is Nc1ccc(Cl)c(COCCC(F)(F)F)n1. The van der Waals surface area contributed by atoms with Crippen LogP contribution < -0.4 is 5.73 Å². The van der Waals surface area contributed by atoms with Gasteiger partial charge in [0, 0.05) is 0 Å². The van der Waals surface area contributed by atoms with E-state index in [0.717, 1.165) is 0 Å². The van der Waals surface area contributed by atoms with Crippen molar-refractivity contribution in [1.82, 2.24) is 4.98 Å². The van der Waals surface area contributed by atoms with Crippen molar-refractivity contribution < 1.29 is 17.9 Å². The number of alkyl halides is 3. The number of nitrogens with two attached hydrogens (primary N) is 1. The lowest BCUT2D eigenvalue weighted by atomic mass is 10.3. The van der Waals surface area contributed by atoms with Gasteiger partial charge < -0.3 is 10.5 Å². The van der Waals surface area contributed by atoms with E-state index in [2.05, 4.69) is 4.98 Å². The standard InChI is InChI=1S/C9H10ClF3N2O/c10-6-1-2-8(14)15-7(6)5-16-4-3-9(11,12)13/h1-2H,3-5H2,(H2,14,15). The molecule has 0 aliphatic carbocycles. The molecule has 2 N–H and O–H groups in total. The van der Waals surface area contributed by atoms with Crippen LogP contribution in [-0.4, -0.2) is 17.8 Å². The maximum atomic E-state index is 11.8. The number of aromatic nitrogens is 1. The van der Waals surface area contributed by atoms with Crippen molar-refractivity contribution in [3.63, 3.8) is 0 Å². The molecule has 0 aliphatic rings. The third-order valence-electron chi connectivity index (χ3n) is 1.71. The second-order valence-corrected chi connectivity index (χ2v) is 3.49. The van der Waals surface area contributed by atoms with Crippen LogP contribution in [0.25, 0.3) is 0 Å². The van der Waals surface area contributed by atoms with E-state index in [-0.39, 0.29) is 12.4 Å². The van der Waals surface area contributed by atoms with Crippen LogP contribution in [0.3, 0.4) is 0 Å². The first-order chi connectivity index (χ1) is 7.38. The molecule has 16 heavy (non-hydrogen) atoms. The van der Waals surface area contributed by atoms with Gasteiger partial charge >= 0.3 is 6.18 Å². The van der Waals surface area contributed by atoms with Crippen molar-refractivity contribution in [3.8, 4) is 0 Å². The molecule has 0 radical (unpaired) electrons. The Bertz CT molecular complexity index is 357. The van der Waals surface area contributed by atoms with E-state index < -0.39 is 19.2 Å². The Labute approximate surface area is 95.4 Å². The largest absolute Gasteiger partial charge is 0.391 e. The molecule has 1 aromatic rings. The van der Waals surface area contributed by atoms with E-state index in [1.165, 1.54) is 12.1 Å². The minimum Gasteiger partial charge on any atom is -0.384 e. The molecule has 0 fully saturated rings. The number of pyridine rings is 1.